The molecule has 32 heavy (non-hydrogen) atoms. The smallest absolute Gasteiger partial charge is 0.0776 e. The summed E-state index contributed by atoms with van der Waals surface area (Å²) in [6, 6.07) is 12.0. The second-order valence-corrected chi connectivity index (χ2v) is 23.0. The van der Waals surface area contributed by atoms with Gasteiger partial charge in [0.1, 0.15) is 0 Å². The average Bonchev–Trinajstić information content (AvgIpc) is 3.36. The Bertz CT molecular complexity index is 940. The number of H-pyrrole nitrogens is 2. The second kappa shape index (κ2) is 9.61. The SMILES string of the molecule is CC(C)(C)P(Cc1ccc([Si](C)(C)C)cc1CP(c1cc[nH]c1)c1cc[nH]c1)C(C)(C)C. The van der Waals surface area contributed by atoms with Crippen molar-refractivity contribution in [3.05, 3.63) is 66.2 Å². The Morgan fingerprint density at radius 2 is 1.25 bits per heavy atom. The van der Waals surface area contributed by atoms with Crippen LogP contribution in [-0.2, 0) is 12.3 Å². The van der Waals surface area contributed by atoms with Crippen molar-refractivity contribution in [2.45, 2.75) is 83.8 Å². The Labute approximate surface area is 199 Å². The highest BCUT2D eigenvalue weighted by Crippen LogP contribution is 2.61. The van der Waals surface area contributed by atoms with Gasteiger partial charge in [0.05, 0.1) is 8.07 Å². The molecule has 0 aliphatic heterocycles. The van der Waals surface area contributed by atoms with Gasteiger partial charge in [0.2, 0.25) is 0 Å². The predicted octanol–water partition coefficient (Wildman–Crippen LogP) is 7.10. The largest absolute Gasteiger partial charge is 0.367 e. The van der Waals surface area contributed by atoms with Gasteiger partial charge in [0.15, 0.2) is 0 Å². The van der Waals surface area contributed by atoms with Crippen LogP contribution in [0.25, 0.3) is 0 Å². The van der Waals surface area contributed by atoms with Crippen LogP contribution in [0.5, 0.6) is 0 Å². The number of rotatable bonds is 7. The van der Waals surface area contributed by atoms with Crippen LogP contribution in [0, 0.1) is 0 Å². The molecule has 5 heteroatoms. The molecule has 0 fully saturated rings. The molecule has 0 aliphatic rings. The fraction of sp³-hybridized carbons (Fsp3) is 0.481. The fourth-order valence-corrected chi connectivity index (χ4v) is 11.6. The van der Waals surface area contributed by atoms with E-state index in [0.717, 1.165) is 6.16 Å². The summed E-state index contributed by atoms with van der Waals surface area (Å²) in [6.45, 7) is 22.0. The van der Waals surface area contributed by atoms with E-state index in [-0.39, 0.29) is 7.92 Å². The Morgan fingerprint density at radius 3 is 1.66 bits per heavy atom. The molecule has 0 bridgehead atoms. The van der Waals surface area contributed by atoms with Crippen LogP contribution in [0.2, 0.25) is 19.6 Å². The van der Waals surface area contributed by atoms with Gasteiger partial charge >= 0.3 is 0 Å². The third-order valence-electron chi connectivity index (χ3n) is 6.14. The lowest BCUT2D eigenvalue weighted by Crippen LogP contribution is -2.38. The van der Waals surface area contributed by atoms with Crippen LogP contribution in [0.4, 0.5) is 0 Å². The molecule has 0 saturated heterocycles. The average molecular weight is 485 g/mol. The van der Waals surface area contributed by atoms with Crippen LogP contribution in [-0.4, -0.2) is 28.4 Å². The van der Waals surface area contributed by atoms with Crippen LogP contribution in [0.3, 0.4) is 0 Å². The molecule has 1 aromatic carbocycles. The van der Waals surface area contributed by atoms with Crippen LogP contribution >= 0.6 is 15.8 Å². The lowest BCUT2D eigenvalue weighted by atomic mass is 10.1. The van der Waals surface area contributed by atoms with E-state index >= 15 is 0 Å². The predicted molar refractivity (Wildman–Crippen MR) is 151 cm³/mol. The fourth-order valence-electron chi connectivity index (χ4n) is 4.51. The summed E-state index contributed by atoms with van der Waals surface area (Å²) in [5, 5.41) is 5.09. The first-order valence-corrected chi connectivity index (χ1v) is 18.3. The summed E-state index contributed by atoms with van der Waals surface area (Å²) in [6.07, 6.45) is 10.8. The van der Waals surface area contributed by atoms with Gasteiger partial charge in [-0.15, -0.1) is 0 Å². The molecule has 0 spiro atoms. The molecule has 0 aliphatic carbocycles. The maximum atomic E-state index is 3.30. The van der Waals surface area contributed by atoms with Crippen molar-refractivity contribution < 1.29 is 0 Å². The minimum Gasteiger partial charge on any atom is -0.367 e. The van der Waals surface area contributed by atoms with Crippen molar-refractivity contribution in [1.82, 2.24) is 9.97 Å². The lowest BCUT2D eigenvalue weighted by Gasteiger charge is -2.42. The van der Waals surface area contributed by atoms with Crippen molar-refractivity contribution in [2.75, 3.05) is 0 Å². The summed E-state index contributed by atoms with van der Waals surface area (Å²) >= 11 is 0. The first-order chi connectivity index (χ1) is 14.8. The maximum absolute atomic E-state index is 3.30. The Balaban J connectivity index is 2.07. The number of nitrogens with one attached hydrogen (secondary N) is 2. The third-order valence-corrected chi connectivity index (χ3v) is 14.5. The molecular formula is C27H42N2P2Si. The van der Waals surface area contributed by atoms with E-state index in [2.05, 4.69) is 126 Å². The maximum Gasteiger partial charge on any atom is 0.0776 e. The van der Waals surface area contributed by atoms with Gasteiger partial charge in [0.25, 0.3) is 0 Å². The summed E-state index contributed by atoms with van der Waals surface area (Å²) in [4.78, 5) is 6.59. The highest BCUT2D eigenvalue weighted by Gasteiger charge is 2.35. The Kier molecular flexibility index (Phi) is 7.65. The molecular weight excluding hydrogens is 442 g/mol. The minimum atomic E-state index is -1.38. The first-order valence-electron chi connectivity index (χ1n) is 11.7. The molecule has 0 unspecified atom stereocenters. The van der Waals surface area contributed by atoms with Gasteiger partial charge in [0, 0.05) is 30.9 Å². The standard InChI is InChI=1S/C27H42N2P2Si/c1-26(2,3)31(27(4,5)6)20-21-10-11-25(32(7,8)9)16-22(21)19-30(23-12-14-28-17-23)24-13-15-29-18-24/h10-18,28-29H,19-20H2,1-9H3. The highest BCUT2D eigenvalue weighted by molar-refractivity contribution is 7.72. The Morgan fingerprint density at radius 1 is 0.719 bits per heavy atom. The zero-order chi connectivity index (χ0) is 23.7. The van der Waals surface area contributed by atoms with Crippen molar-refractivity contribution in [1.29, 1.82) is 0 Å². The summed E-state index contributed by atoms with van der Waals surface area (Å²) in [5.74, 6) is 0. The zero-order valence-electron chi connectivity index (χ0n) is 21.5. The van der Waals surface area contributed by atoms with E-state index in [0.29, 0.717) is 10.3 Å². The number of hydrogen-bond donors (Lipinski definition) is 2. The van der Waals surface area contributed by atoms with Crippen LogP contribution < -0.4 is 15.8 Å². The summed E-state index contributed by atoms with van der Waals surface area (Å²) < 4.78 is 0. The van der Waals surface area contributed by atoms with Crippen molar-refractivity contribution in [3.63, 3.8) is 0 Å². The number of hydrogen-bond acceptors (Lipinski definition) is 0. The van der Waals surface area contributed by atoms with Crippen molar-refractivity contribution in [3.8, 4) is 0 Å². The van der Waals surface area contributed by atoms with E-state index in [1.807, 2.05) is 0 Å². The molecule has 2 heterocycles. The molecule has 174 valence electrons. The summed E-state index contributed by atoms with van der Waals surface area (Å²) in [5.41, 5.74) is 3.14. The molecule has 0 atom stereocenters. The highest BCUT2D eigenvalue weighted by atomic mass is 31.1. The summed E-state index contributed by atoms with van der Waals surface area (Å²) in [7, 11) is -2.00. The number of benzene rings is 1. The van der Waals surface area contributed by atoms with Gasteiger partial charge < -0.3 is 9.97 Å². The first kappa shape index (κ1) is 25.5. The van der Waals surface area contributed by atoms with E-state index in [9.17, 15) is 0 Å². The van der Waals surface area contributed by atoms with E-state index < -0.39 is 16.0 Å². The molecule has 0 saturated carbocycles. The topological polar surface area (TPSA) is 31.6 Å². The molecule has 2 aromatic heterocycles. The number of aromatic amines is 2. The molecule has 0 amide bonds. The molecule has 0 radical (unpaired) electrons. The second-order valence-electron chi connectivity index (χ2n) is 11.9. The molecule has 2 nitrogen and oxygen atoms in total. The van der Waals surface area contributed by atoms with Gasteiger partial charge in [-0.25, -0.2) is 0 Å². The van der Waals surface area contributed by atoms with Gasteiger partial charge in [-0.3, -0.25) is 0 Å². The minimum absolute atomic E-state index is 0.182. The molecule has 3 rings (SSSR count). The molecule has 2 N–H and O–H groups in total. The lowest BCUT2D eigenvalue weighted by molar-refractivity contribution is 0.702. The van der Waals surface area contributed by atoms with Gasteiger partial charge in [-0.05, 0) is 58.3 Å². The van der Waals surface area contributed by atoms with Gasteiger partial charge in [-0.1, -0.05) is 92.5 Å². The molecule has 3 aromatic rings. The zero-order valence-corrected chi connectivity index (χ0v) is 24.3. The quantitative estimate of drug-likeness (QED) is 0.265. The Hall–Kier alpha value is -1.14. The normalized spacial score (nSPS) is 13.3. The van der Waals surface area contributed by atoms with Crippen LogP contribution in [0.15, 0.2) is 55.1 Å². The van der Waals surface area contributed by atoms with E-state index in [1.54, 1.807) is 16.3 Å². The monoisotopic (exact) mass is 484 g/mol. The van der Waals surface area contributed by atoms with Crippen molar-refractivity contribution >= 4 is 39.7 Å². The number of aromatic nitrogens is 2. The van der Waals surface area contributed by atoms with E-state index in [1.165, 1.54) is 16.8 Å². The van der Waals surface area contributed by atoms with E-state index in [4.69, 9.17) is 0 Å². The third kappa shape index (κ3) is 6.25. The van der Waals surface area contributed by atoms with Crippen LogP contribution in [0.1, 0.15) is 52.7 Å². The van der Waals surface area contributed by atoms with Crippen molar-refractivity contribution in [2.24, 2.45) is 0 Å². The van der Waals surface area contributed by atoms with Gasteiger partial charge in [-0.2, -0.15) is 0 Å².